The van der Waals surface area contributed by atoms with Crippen LogP contribution in [0.15, 0.2) is 18.5 Å². The number of hydrogen-bond acceptors (Lipinski definition) is 2. The Morgan fingerprint density at radius 2 is 2.10 bits per heavy atom. The molecule has 0 bridgehead atoms. The number of rotatable bonds is 8. The lowest BCUT2D eigenvalue weighted by Gasteiger charge is -2.21. The smallest absolute Gasteiger partial charge is 0.111 e. The largest absolute Gasteiger partial charge is 0.325 e. The maximum atomic E-state index is 5.95. The predicted octanol–water partition coefficient (Wildman–Crippen LogP) is 4.74. The van der Waals surface area contributed by atoms with Gasteiger partial charge in [-0.2, -0.15) is 0 Å². The molecule has 20 heavy (non-hydrogen) atoms. The molecular weight excluding hydrogens is 270 g/mol. The lowest BCUT2D eigenvalue weighted by Crippen LogP contribution is -2.13. The average Bonchev–Trinajstić information content (AvgIpc) is 2.82. The number of nitrogens with zero attached hydrogens (tertiary/aromatic N) is 3. The van der Waals surface area contributed by atoms with Gasteiger partial charge in [-0.25, -0.2) is 4.98 Å². The first-order valence-electron chi connectivity index (χ1n) is 7.68. The van der Waals surface area contributed by atoms with Gasteiger partial charge >= 0.3 is 0 Å². The number of alkyl halides is 1. The molecule has 0 saturated carbocycles. The molecule has 110 valence electrons. The van der Waals surface area contributed by atoms with Gasteiger partial charge in [0.15, 0.2) is 0 Å². The fraction of sp³-hybridized carbons (Fsp3) is 0.625. The molecule has 2 aromatic rings. The molecule has 4 heteroatoms. The van der Waals surface area contributed by atoms with Crippen molar-refractivity contribution in [2.24, 2.45) is 0 Å². The van der Waals surface area contributed by atoms with Crippen molar-refractivity contribution in [1.29, 1.82) is 0 Å². The van der Waals surface area contributed by atoms with Crippen LogP contribution >= 0.6 is 11.6 Å². The number of aromatic nitrogens is 3. The molecule has 0 N–H and O–H groups in total. The zero-order chi connectivity index (χ0) is 14.4. The van der Waals surface area contributed by atoms with E-state index < -0.39 is 0 Å². The third kappa shape index (κ3) is 3.32. The third-order valence-corrected chi connectivity index (χ3v) is 3.95. The molecule has 2 aromatic heterocycles. The van der Waals surface area contributed by atoms with Gasteiger partial charge in [0.05, 0.1) is 11.7 Å². The van der Waals surface area contributed by atoms with Gasteiger partial charge in [-0.1, -0.05) is 33.1 Å². The second-order valence-corrected chi connectivity index (χ2v) is 5.66. The van der Waals surface area contributed by atoms with Gasteiger partial charge in [-0.15, -0.1) is 11.6 Å². The van der Waals surface area contributed by atoms with Gasteiger partial charge in [0.2, 0.25) is 0 Å². The van der Waals surface area contributed by atoms with Crippen molar-refractivity contribution in [2.75, 3.05) is 5.88 Å². The van der Waals surface area contributed by atoms with Crippen LogP contribution in [0.4, 0.5) is 0 Å². The first-order valence-corrected chi connectivity index (χ1v) is 8.22. The van der Waals surface area contributed by atoms with E-state index in [0.717, 1.165) is 17.8 Å². The van der Waals surface area contributed by atoms with E-state index in [4.69, 9.17) is 16.6 Å². The van der Waals surface area contributed by atoms with Crippen LogP contribution in [0.1, 0.15) is 57.8 Å². The third-order valence-electron chi connectivity index (χ3n) is 3.76. The van der Waals surface area contributed by atoms with E-state index in [0.29, 0.717) is 11.9 Å². The highest BCUT2D eigenvalue weighted by Crippen LogP contribution is 2.28. The predicted molar refractivity (Wildman–Crippen MR) is 85.4 cm³/mol. The summed E-state index contributed by atoms with van der Waals surface area (Å²) >= 11 is 5.95. The molecule has 0 fully saturated rings. The highest BCUT2D eigenvalue weighted by Gasteiger charge is 2.18. The molecule has 0 aromatic carbocycles. The van der Waals surface area contributed by atoms with E-state index in [1.807, 2.05) is 12.4 Å². The Morgan fingerprint density at radius 1 is 1.25 bits per heavy atom. The number of imidazole rings is 1. The topological polar surface area (TPSA) is 30.7 Å². The Bertz CT molecular complexity index is 536. The second-order valence-electron chi connectivity index (χ2n) is 5.29. The molecule has 0 aliphatic rings. The zero-order valence-electron chi connectivity index (χ0n) is 12.5. The Hall–Kier alpha value is -1.09. The molecule has 3 nitrogen and oxygen atoms in total. The fourth-order valence-corrected chi connectivity index (χ4v) is 3.01. The SMILES string of the molecule is CCCCC(CCC)n1c(CCCl)nc2cnccc21. The van der Waals surface area contributed by atoms with Crippen LogP contribution in [0.5, 0.6) is 0 Å². The average molecular weight is 294 g/mol. The highest BCUT2D eigenvalue weighted by atomic mass is 35.5. The molecule has 0 saturated heterocycles. The first-order chi connectivity index (χ1) is 9.81. The molecule has 0 radical (unpaired) electrons. The summed E-state index contributed by atoms with van der Waals surface area (Å²) in [5, 5.41) is 0. The summed E-state index contributed by atoms with van der Waals surface area (Å²) in [4.78, 5) is 8.92. The number of halogens is 1. The van der Waals surface area contributed by atoms with Crippen molar-refractivity contribution in [3.63, 3.8) is 0 Å². The van der Waals surface area contributed by atoms with Crippen molar-refractivity contribution >= 4 is 22.6 Å². The number of unbranched alkanes of at least 4 members (excludes halogenated alkanes) is 1. The Balaban J connectivity index is 2.43. The fourth-order valence-electron chi connectivity index (χ4n) is 2.84. The van der Waals surface area contributed by atoms with Crippen LogP contribution in [0.25, 0.3) is 11.0 Å². The van der Waals surface area contributed by atoms with Crippen LogP contribution in [0, 0.1) is 0 Å². The van der Waals surface area contributed by atoms with Gasteiger partial charge in [-0.3, -0.25) is 4.98 Å². The summed E-state index contributed by atoms with van der Waals surface area (Å²) in [5.41, 5.74) is 2.19. The minimum absolute atomic E-state index is 0.533. The lowest BCUT2D eigenvalue weighted by molar-refractivity contribution is 0.415. The summed E-state index contributed by atoms with van der Waals surface area (Å²) in [6, 6.07) is 2.61. The van der Waals surface area contributed by atoms with E-state index in [-0.39, 0.29) is 0 Å². The molecule has 0 spiro atoms. The number of fused-ring (bicyclic) bond motifs is 1. The van der Waals surface area contributed by atoms with Crippen molar-refractivity contribution in [1.82, 2.24) is 14.5 Å². The number of pyridine rings is 1. The Kier molecular flexibility index (Phi) is 5.84. The van der Waals surface area contributed by atoms with E-state index in [1.165, 1.54) is 37.6 Å². The quantitative estimate of drug-likeness (QED) is 0.658. The number of aryl methyl sites for hydroxylation is 1. The van der Waals surface area contributed by atoms with Gasteiger partial charge in [0, 0.05) is 24.5 Å². The minimum atomic E-state index is 0.533. The lowest BCUT2D eigenvalue weighted by atomic mass is 10.0. The van der Waals surface area contributed by atoms with Gasteiger partial charge in [-0.05, 0) is 18.9 Å². The molecule has 1 unspecified atom stereocenters. The number of hydrogen-bond donors (Lipinski definition) is 0. The van der Waals surface area contributed by atoms with Crippen molar-refractivity contribution < 1.29 is 0 Å². The van der Waals surface area contributed by atoms with Crippen LogP contribution in [0.2, 0.25) is 0 Å². The van der Waals surface area contributed by atoms with Crippen molar-refractivity contribution in [3.05, 3.63) is 24.3 Å². The summed E-state index contributed by atoms with van der Waals surface area (Å²) in [7, 11) is 0. The summed E-state index contributed by atoms with van der Waals surface area (Å²) in [6.45, 7) is 4.50. The maximum absolute atomic E-state index is 5.95. The van der Waals surface area contributed by atoms with Crippen molar-refractivity contribution in [2.45, 2.75) is 58.4 Å². The molecule has 2 heterocycles. The highest BCUT2D eigenvalue weighted by molar-refractivity contribution is 6.17. The van der Waals surface area contributed by atoms with Crippen LogP contribution < -0.4 is 0 Å². The Labute approximate surface area is 126 Å². The van der Waals surface area contributed by atoms with Crippen LogP contribution in [-0.4, -0.2) is 20.4 Å². The molecule has 0 amide bonds. The molecular formula is C16H24ClN3. The van der Waals surface area contributed by atoms with E-state index in [1.54, 1.807) is 0 Å². The maximum Gasteiger partial charge on any atom is 0.111 e. The van der Waals surface area contributed by atoms with Gasteiger partial charge < -0.3 is 4.57 Å². The van der Waals surface area contributed by atoms with E-state index in [9.17, 15) is 0 Å². The van der Waals surface area contributed by atoms with Crippen LogP contribution in [-0.2, 0) is 6.42 Å². The molecule has 0 aliphatic carbocycles. The summed E-state index contributed by atoms with van der Waals surface area (Å²) in [5.74, 6) is 1.72. The van der Waals surface area contributed by atoms with E-state index >= 15 is 0 Å². The second kappa shape index (κ2) is 7.63. The summed E-state index contributed by atoms with van der Waals surface area (Å²) < 4.78 is 2.42. The van der Waals surface area contributed by atoms with Crippen molar-refractivity contribution in [3.8, 4) is 0 Å². The van der Waals surface area contributed by atoms with E-state index in [2.05, 4.69) is 29.5 Å². The molecule has 0 aliphatic heterocycles. The standard InChI is InChI=1S/C16H24ClN3/c1-3-5-7-13(6-4-2)20-15-9-11-18-12-14(15)19-16(20)8-10-17/h9,11-13H,3-8,10H2,1-2H3. The molecule has 1 atom stereocenters. The van der Waals surface area contributed by atoms with Crippen LogP contribution in [0.3, 0.4) is 0 Å². The first kappa shape index (κ1) is 15.3. The van der Waals surface area contributed by atoms with Gasteiger partial charge in [0.25, 0.3) is 0 Å². The minimum Gasteiger partial charge on any atom is -0.325 e. The summed E-state index contributed by atoms with van der Waals surface area (Å²) in [6.07, 6.45) is 10.6. The normalized spacial score (nSPS) is 12.9. The molecule has 2 rings (SSSR count). The zero-order valence-corrected chi connectivity index (χ0v) is 13.2. The monoisotopic (exact) mass is 293 g/mol. The van der Waals surface area contributed by atoms with Gasteiger partial charge in [0.1, 0.15) is 11.3 Å². The Morgan fingerprint density at radius 3 is 2.80 bits per heavy atom.